The minimum absolute atomic E-state index is 0.759. The Morgan fingerprint density at radius 1 is 1.35 bits per heavy atom. The summed E-state index contributed by atoms with van der Waals surface area (Å²) in [7, 11) is 0. The summed E-state index contributed by atoms with van der Waals surface area (Å²) >= 11 is 9.44. The van der Waals surface area contributed by atoms with Crippen LogP contribution in [0.25, 0.3) is 0 Å². The normalized spacial score (nSPS) is 17.3. The molecule has 0 aromatic heterocycles. The molecule has 0 spiro atoms. The largest absolute Gasteiger partial charge is 0.381 e. The molecule has 2 rings (SSSR count). The second-order valence-electron chi connectivity index (χ2n) is 4.42. The van der Waals surface area contributed by atoms with Crippen LogP contribution >= 0.6 is 27.5 Å². The molecule has 0 unspecified atom stereocenters. The summed E-state index contributed by atoms with van der Waals surface area (Å²) in [6, 6.07) is 5.92. The van der Waals surface area contributed by atoms with E-state index in [0.29, 0.717) is 0 Å². The molecule has 1 saturated heterocycles. The molecular formula is C13H17BrClNO. The maximum absolute atomic E-state index is 5.91. The van der Waals surface area contributed by atoms with Crippen LogP contribution in [0.15, 0.2) is 22.7 Å². The van der Waals surface area contributed by atoms with Crippen molar-refractivity contribution < 1.29 is 4.74 Å². The lowest BCUT2D eigenvalue weighted by molar-refractivity contribution is 0.0662. The van der Waals surface area contributed by atoms with Gasteiger partial charge in [-0.05, 0) is 43.0 Å². The third-order valence-corrected chi connectivity index (χ3v) is 4.08. The topological polar surface area (TPSA) is 21.3 Å². The molecule has 0 amide bonds. The molecule has 1 N–H and O–H groups in total. The van der Waals surface area contributed by atoms with Gasteiger partial charge in [0.25, 0.3) is 0 Å². The van der Waals surface area contributed by atoms with Crippen molar-refractivity contribution in [1.29, 1.82) is 0 Å². The Balaban J connectivity index is 1.77. The summed E-state index contributed by atoms with van der Waals surface area (Å²) < 4.78 is 6.42. The summed E-state index contributed by atoms with van der Waals surface area (Å²) in [5.74, 6) is 0.759. The zero-order valence-electron chi connectivity index (χ0n) is 9.72. The van der Waals surface area contributed by atoms with Crippen LogP contribution in [0.1, 0.15) is 18.4 Å². The van der Waals surface area contributed by atoms with Gasteiger partial charge in [-0.25, -0.2) is 0 Å². The van der Waals surface area contributed by atoms with Crippen LogP contribution < -0.4 is 5.32 Å². The van der Waals surface area contributed by atoms with Gasteiger partial charge < -0.3 is 10.1 Å². The molecule has 0 atom stereocenters. The molecule has 4 heteroatoms. The summed E-state index contributed by atoms with van der Waals surface area (Å²) in [5.41, 5.74) is 1.25. The zero-order valence-corrected chi connectivity index (χ0v) is 12.1. The highest BCUT2D eigenvalue weighted by Gasteiger charge is 2.13. The molecule has 1 heterocycles. The minimum Gasteiger partial charge on any atom is -0.381 e. The number of ether oxygens (including phenoxy) is 1. The van der Waals surface area contributed by atoms with Crippen LogP contribution in [0.2, 0.25) is 5.02 Å². The first-order chi connectivity index (χ1) is 8.25. The van der Waals surface area contributed by atoms with Crippen molar-refractivity contribution in [2.75, 3.05) is 19.8 Å². The maximum Gasteiger partial charge on any atom is 0.0469 e. The Hall–Kier alpha value is -0.0900. The molecule has 1 aromatic rings. The fourth-order valence-electron chi connectivity index (χ4n) is 2.03. The van der Waals surface area contributed by atoms with E-state index in [-0.39, 0.29) is 0 Å². The predicted octanol–water partition coefficient (Wildman–Crippen LogP) is 3.62. The standard InChI is InChI=1S/C13H17BrClNO/c14-13-7-12(15)2-1-11(13)9-16-8-10-3-5-17-6-4-10/h1-2,7,10,16H,3-6,8-9H2. The fourth-order valence-corrected chi connectivity index (χ4v) is 2.85. The average molecular weight is 319 g/mol. The number of rotatable bonds is 4. The van der Waals surface area contributed by atoms with Gasteiger partial charge in [0, 0.05) is 29.3 Å². The molecule has 0 radical (unpaired) electrons. The predicted molar refractivity (Wildman–Crippen MR) is 74.4 cm³/mol. The highest BCUT2D eigenvalue weighted by atomic mass is 79.9. The second kappa shape index (κ2) is 6.74. The highest BCUT2D eigenvalue weighted by Crippen LogP contribution is 2.21. The molecule has 0 saturated carbocycles. The van der Waals surface area contributed by atoms with E-state index in [1.54, 1.807) is 0 Å². The average Bonchev–Trinajstić information content (AvgIpc) is 2.33. The molecule has 1 aliphatic rings. The van der Waals surface area contributed by atoms with Gasteiger partial charge in [0.2, 0.25) is 0 Å². The fraction of sp³-hybridized carbons (Fsp3) is 0.538. The van der Waals surface area contributed by atoms with Crippen LogP contribution in [-0.2, 0) is 11.3 Å². The SMILES string of the molecule is Clc1ccc(CNCC2CCOCC2)c(Br)c1. The van der Waals surface area contributed by atoms with Crippen molar-refractivity contribution in [3.63, 3.8) is 0 Å². The molecular weight excluding hydrogens is 302 g/mol. The first-order valence-electron chi connectivity index (χ1n) is 5.98. The van der Waals surface area contributed by atoms with Crippen LogP contribution in [-0.4, -0.2) is 19.8 Å². The summed E-state index contributed by atoms with van der Waals surface area (Å²) in [5, 5.41) is 4.27. The number of hydrogen-bond donors (Lipinski definition) is 1. The lowest BCUT2D eigenvalue weighted by Crippen LogP contribution is -2.27. The quantitative estimate of drug-likeness (QED) is 0.915. The highest BCUT2D eigenvalue weighted by molar-refractivity contribution is 9.10. The summed E-state index contributed by atoms with van der Waals surface area (Å²) in [6.45, 7) is 3.78. The Bertz CT molecular complexity index is 366. The molecule has 2 nitrogen and oxygen atoms in total. The Morgan fingerprint density at radius 3 is 2.82 bits per heavy atom. The van der Waals surface area contributed by atoms with E-state index in [0.717, 1.165) is 41.7 Å². The van der Waals surface area contributed by atoms with Crippen molar-refractivity contribution in [1.82, 2.24) is 5.32 Å². The molecule has 17 heavy (non-hydrogen) atoms. The van der Waals surface area contributed by atoms with Crippen LogP contribution in [0, 0.1) is 5.92 Å². The van der Waals surface area contributed by atoms with E-state index in [1.807, 2.05) is 12.1 Å². The van der Waals surface area contributed by atoms with Gasteiger partial charge in [-0.15, -0.1) is 0 Å². The van der Waals surface area contributed by atoms with Gasteiger partial charge in [0.15, 0.2) is 0 Å². The van der Waals surface area contributed by atoms with E-state index in [9.17, 15) is 0 Å². The molecule has 0 aliphatic carbocycles. The minimum atomic E-state index is 0.759. The first kappa shape index (κ1) is 13.3. The third-order valence-electron chi connectivity index (χ3n) is 3.10. The number of nitrogens with one attached hydrogen (secondary N) is 1. The molecule has 1 fully saturated rings. The zero-order chi connectivity index (χ0) is 12.1. The maximum atomic E-state index is 5.91. The summed E-state index contributed by atoms with van der Waals surface area (Å²) in [6.07, 6.45) is 2.35. The summed E-state index contributed by atoms with van der Waals surface area (Å²) in [4.78, 5) is 0. The van der Waals surface area contributed by atoms with Crippen LogP contribution in [0.3, 0.4) is 0 Å². The van der Waals surface area contributed by atoms with E-state index in [1.165, 1.54) is 18.4 Å². The van der Waals surface area contributed by atoms with E-state index >= 15 is 0 Å². The molecule has 1 aromatic carbocycles. The second-order valence-corrected chi connectivity index (χ2v) is 5.71. The van der Waals surface area contributed by atoms with E-state index < -0.39 is 0 Å². The van der Waals surface area contributed by atoms with Gasteiger partial charge in [-0.2, -0.15) is 0 Å². The van der Waals surface area contributed by atoms with Gasteiger partial charge in [0.1, 0.15) is 0 Å². The molecule has 94 valence electrons. The molecule has 0 bridgehead atoms. The van der Waals surface area contributed by atoms with Crippen molar-refractivity contribution in [2.45, 2.75) is 19.4 Å². The van der Waals surface area contributed by atoms with Crippen molar-refractivity contribution in [2.24, 2.45) is 5.92 Å². The van der Waals surface area contributed by atoms with E-state index in [4.69, 9.17) is 16.3 Å². The number of halogens is 2. The van der Waals surface area contributed by atoms with Crippen LogP contribution in [0.4, 0.5) is 0 Å². The smallest absolute Gasteiger partial charge is 0.0469 e. The molecule has 1 aliphatic heterocycles. The van der Waals surface area contributed by atoms with Gasteiger partial charge in [-0.3, -0.25) is 0 Å². The van der Waals surface area contributed by atoms with Gasteiger partial charge in [0.05, 0.1) is 0 Å². The van der Waals surface area contributed by atoms with Crippen molar-refractivity contribution >= 4 is 27.5 Å². The Morgan fingerprint density at radius 2 is 2.12 bits per heavy atom. The van der Waals surface area contributed by atoms with Crippen LogP contribution in [0.5, 0.6) is 0 Å². The van der Waals surface area contributed by atoms with Crippen molar-refractivity contribution in [3.05, 3.63) is 33.3 Å². The lowest BCUT2D eigenvalue weighted by Gasteiger charge is -2.22. The monoisotopic (exact) mass is 317 g/mol. The van der Waals surface area contributed by atoms with Crippen molar-refractivity contribution in [3.8, 4) is 0 Å². The Labute approximate surface area is 116 Å². The van der Waals surface area contributed by atoms with Gasteiger partial charge in [-0.1, -0.05) is 33.6 Å². The Kier molecular flexibility index (Phi) is 5.29. The lowest BCUT2D eigenvalue weighted by atomic mass is 10.0. The third kappa shape index (κ3) is 4.25. The number of hydrogen-bond acceptors (Lipinski definition) is 2. The first-order valence-corrected chi connectivity index (χ1v) is 7.15. The number of benzene rings is 1. The van der Waals surface area contributed by atoms with E-state index in [2.05, 4.69) is 27.3 Å². The van der Waals surface area contributed by atoms with Gasteiger partial charge >= 0.3 is 0 Å².